The molecule has 0 fully saturated rings. The molecule has 0 N–H and O–H groups in total. The predicted molar refractivity (Wildman–Crippen MR) is 35.4 cm³/mol. The molecule has 0 atom stereocenters. The van der Waals surface area contributed by atoms with Crippen molar-refractivity contribution in [3.05, 3.63) is 24.7 Å². The maximum Gasteiger partial charge on any atom is 2.00 e. The van der Waals surface area contributed by atoms with Gasteiger partial charge >= 0.3 is 37.7 Å². The summed E-state index contributed by atoms with van der Waals surface area (Å²) in [6.07, 6.45) is 0. The van der Waals surface area contributed by atoms with Gasteiger partial charge in [-0.05, 0) is 0 Å². The van der Waals surface area contributed by atoms with Crippen LogP contribution >= 0.6 is 0 Å². The van der Waals surface area contributed by atoms with E-state index < -0.39 is 0 Å². The molecule has 0 heterocycles. The predicted octanol–water partition coefficient (Wildman–Crippen LogP) is -0.620. The zero-order chi connectivity index (χ0) is 7.15. The fourth-order valence-corrected chi connectivity index (χ4v) is 0. The van der Waals surface area contributed by atoms with Gasteiger partial charge in [0.15, 0.2) is 0 Å². The topological polar surface area (TPSA) is 46.1 Å². The molecule has 0 saturated heterocycles. The van der Waals surface area contributed by atoms with Gasteiger partial charge in [-0.1, -0.05) is 13.8 Å². The van der Waals surface area contributed by atoms with Gasteiger partial charge in [-0.15, -0.1) is 24.7 Å². The molecule has 48 valence electrons. The molecule has 0 rings (SSSR count). The Morgan fingerprint density at radius 3 is 1.00 bits per heavy atom. The van der Waals surface area contributed by atoms with E-state index in [1.54, 1.807) is 0 Å². The summed E-state index contributed by atoms with van der Waals surface area (Å²) in [6, 6.07) is 0. The molecule has 0 radical (unpaired) electrons. The Kier molecular flexibility index (Phi) is 20.1. The van der Waals surface area contributed by atoms with Gasteiger partial charge in [0.1, 0.15) is 0 Å². The maximum absolute atomic E-state index is 9.33. The van der Waals surface area contributed by atoms with Crippen molar-refractivity contribution in [1.82, 2.24) is 0 Å². The number of hydrogen-bond donors (Lipinski definition) is 0. The van der Waals surface area contributed by atoms with Crippen LogP contribution in [0.5, 0.6) is 0 Å². The number of allylic oxidation sites excluding steroid dienone is 2. The summed E-state index contributed by atoms with van der Waals surface area (Å²) in [5, 5.41) is 18.7. The van der Waals surface area contributed by atoms with Gasteiger partial charge in [-0.2, -0.15) is 0 Å². The van der Waals surface area contributed by atoms with E-state index in [2.05, 4.69) is 13.2 Å². The molecule has 0 aromatic rings. The zero-order valence-corrected chi connectivity index (χ0v) is 8.15. The molecule has 0 aliphatic carbocycles. The van der Waals surface area contributed by atoms with Crippen molar-refractivity contribution in [2.45, 2.75) is 13.8 Å². The third kappa shape index (κ3) is 2900. The van der Waals surface area contributed by atoms with Crippen molar-refractivity contribution in [3.8, 4) is 0 Å². The van der Waals surface area contributed by atoms with Gasteiger partial charge in [0.05, 0.1) is 0 Å². The van der Waals surface area contributed by atoms with Crippen molar-refractivity contribution in [2.75, 3.05) is 0 Å². The summed E-state index contributed by atoms with van der Waals surface area (Å²) in [6.45, 7) is 8.83. The fraction of sp³-hybridized carbons (Fsp3) is 0.333. The van der Waals surface area contributed by atoms with Gasteiger partial charge in [0, 0.05) is 0 Å². The van der Waals surface area contributed by atoms with Crippen molar-refractivity contribution >= 4 is 37.7 Å². The zero-order valence-electron chi connectivity index (χ0n) is 5.94. The number of hydrogen-bond acceptors (Lipinski definition) is 2. The Morgan fingerprint density at radius 2 is 1.00 bits per heavy atom. The molecule has 0 saturated carbocycles. The minimum atomic E-state index is -0.0833. The van der Waals surface area contributed by atoms with Crippen molar-refractivity contribution < 1.29 is 10.2 Å². The second-order valence-corrected chi connectivity index (χ2v) is 1.40. The molecule has 3 heteroatoms. The van der Waals surface area contributed by atoms with Gasteiger partial charge in [-0.25, -0.2) is 0 Å². The largest absolute Gasteiger partial charge is 2.00 e. The molecule has 0 unspecified atom stereocenters. The van der Waals surface area contributed by atoms with Crippen LogP contribution in [0.15, 0.2) is 24.7 Å². The molecular formula is C6H10CaO2. The van der Waals surface area contributed by atoms with Crippen LogP contribution in [0.25, 0.3) is 0 Å². The summed E-state index contributed by atoms with van der Waals surface area (Å²) >= 11 is 0. The van der Waals surface area contributed by atoms with Crippen LogP contribution in [0.1, 0.15) is 13.8 Å². The van der Waals surface area contributed by atoms with Gasteiger partial charge < -0.3 is 10.2 Å². The fourth-order valence-electron chi connectivity index (χ4n) is 0. The molecule has 0 aromatic carbocycles. The SMILES string of the molecule is C=C(C)[O-].C=C(C)[O-].[Ca+2]. The first-order chi connectivity index (χ1) is 3.46. The van der Waals surface area contributed by atoms with E-state index in [4.69, 9.17) is 0 Å². The Balaban J connectivity index is -0.0000000720. The number of rotatable bonds is 0. The first-order valence-corrected chi connectivity index (χ1v) is 2.12. The van der Waals surface area contributed by atoms with Crippen molar-refractivity contribution in [2.24, 2.45) is 0 Å². The van der Waals surface area contributed by atoms with Gasteiger partial charge in [0.25, 0.3) is 0 Å². The Hall–Kier alpha value is 0.340. The molecule has 9 heavy (non-hydrogen) atoms. The minimum absolute atomic E-state index is 0. The van der Waals surface area contributed by atoms with E-state index in [1.165, 1.54) is 13.8 Å². The third-order valence-corrected chi connectivity index (χ3v) is 0. The molecule has 0 amide bonds. The second-order valence-electron chi connectivity index (χ2n) is 1.40. The van der Waals surface area contributed by atoms with E-state index >= 15 is 0 Å². The Bertz CT molecular complexity index is 69.1. The Labute approximate surface area is 85.9 Å². The van der Waals surface area contributed by atoms with E-state index in [1.807, 2.05) is 0 Å². The molecule has 0 spiro atoms. The van der Waals surface area contributed by atoms with Crippen molar-refractivity contribution in [3.63, 3.8) is 0 Å². The Morgan fingerprint density at radius 1 is 1.00 bits per heavy atom. The van der Waals surface area contributed by atoms with E-state index in [9.17, 15) is 10.2 Å². The van der Waals surface area contributed by atoms with Crippen LogP contribution in [-0.4, -0.2) is 37.7 Å². The van der Waals surface area contributed by atoms with Gasteiger partial charge in [-0.3, -0.25) is 0 Å². The summed E-state index contributed by atoms with van der Waals surface area (Å²) < 4.78 is 0. The molecule has 2 nitrogen and oxygen atoms in total. The van der Waals surface area contributed by atoms with Crippen LogP contribution in [0.2, 0.25) is 0 Å². The van der Waals surface area contributed by atoms with Crippen LogP contribution in [0.4, 0.5) is 0 Å². The molecule has 0 aliphatic rings. The maximum atomic E-state index is 9.33. The van der Waals surface area contributed by atoms with E-state index in [0.29, 0.717) is 0 Å². The molecule has 0 aromatic heterocycles. The molecule has 0 bridgehead atoms. The van der Waals surface area contributed by atoms with Crippen LogP contribution in [0.3, 0.4) is 0 Å². The van der Waals surface area contributed by atoms with Crippen LogP contribution < -0.4 is 10.2 Å². The summed E-state index contributed by atoms with van der Waals surface area (Å²) in [4.78, 5) is 0. The average Bonchev–Trinajstić information content (AvgIpc) is 1.25. The van der Waals surface area contributed by atoms with Crippen molar-refractivity contribution in [1.29, 1.82) is 0 Å². The first-order valence-electron chi connectivity index (χ1n) is 2.12. The normalized spacial score (nSPS) is 5.56. The second kappa shape index (κ2) is 11.2. The summed E-state index contributed by atoms with van der Waals surface area (Å²) in [5.41, 5.74) is 0. The third-order valence-electron chi connectivity index (χ3n) is 0. The standard InChI is InChI=1S/2C3H6O.Ca/c2*1-3(2)4;/h2*4H,1H2,2H3;/q;;+2/p-2. The quantitative estimate of drug-likeness (QED) is 0.345. The summed E-state index contributed by atoms with van der Waals surface area (Å²) in [5.74, 6) is -0.167. The van der Waals surface area contributed by atoms with Gasteiger partial charge in [0.2, 0.25) is 0 Å². The average molecular weight is 154 g/mol. The van der Waals surface area contributed by atoms with Crippen LogP contribution in [-0.2, 0) is 0 Å². The summed E-state index contributed by atoms with van der Waals surface area (Å²) in [7, 11) is 0. The molecular weight excluding hydrogens is 144 g/mol. The molecule has 0 aliphatic heterocycles. The van der Waals surface area contributed by atoms with Crippen LogP contribution in [0, 0.1) is 0 Å². The van der Waals surface area contributed by atoms with E-state index in [-0.39, 0.29) is 49.3 Å². The smallest absolute Gasteiger partial charge is 0.876 e. The van der Waals surface area contributed by atoms with E-state index in [0.717, 1.165) is 0 Å². The first kappa shape index (κ1) is 16.2. The monoisotopic (exact) mass is 154 g/mol. The minimum Gasteiger partial charge on any atom is -0.876 e.